The van der Waals surface area contributed by atoms with Crippen molar-refractivity contribution in [1.82, 2.24) is 10.6 Å². The first-order chi connectivity index (χ1) is 6.70. The molecule has 4 heteroatoms. The van der Waals surface area contributed by atoms with Gasteiger partial charge in [-0.3, -0.25) is 4.79 Å². The fraction of sp³-hybridized carbons (Fsp3) is 0.909. The number of nitrogens with one attached hydrogen (secondary N) is 2. The van der Waals surface area contributed by atoms with Gasteiger partial charge in [0.15, 0.2) is 0 Å². The van der Waals surface area contributed by atoms with Gasteiger partial charge in [-0.15, -0.1) is 12.4 Å². The number of hydrogen-bond acceptors (Lipinski definition) is 2. The molecule has 0 aliphatic rings. The fourth-order valence-corrected chi connectivity index (χ4v) is 1.31. The van der Waals surface area contributed by atoms with Gasteiger partial charge < -0.3 is 10.6 Å². The molecule has 3 nitrogen and oxygen atoms in total. The fourth-order valence-electron chi connectivity index (χ4n) is 1.31. The lowest BCUT2D eigenvalue weighted by atomic mass is 10.2. The van der Waals surface area contributed by atoms with Gasteiger partial charge in [0.1, 0.15) is 0 Å². The van der Waals surface area contributed by atoms with E-state index in [2.05, 4.69) is 31.4 Å². The third kappa shape index (κ3) is 11.6. The number of amides is 1. The van der Waals surface area contributed by atoms with Crippen molar-refractivity contribution in [3.05, 3.63) is 0 Å². The van der Waals surface area contributed by atoms with E-state index in [9.17, 15) is 4.79 Å². The molecule has 0 saturated carbocycles. The zero-order valence-corrected chi connectivity index (χ0v) is 11.0. The highest BCUT2D eigenvalue weighted by Gasteiger charge is 2.03. The molecule has 1 atom stereocenters. The van der Waals surface area contributed by atoms with Crippen molar-refractivity contribution >= 4 is 18.3 Å². The van der Waals surface area contributed by atoms with E-state index in [1.54, 1.807) is 0 Å². The average molecular weight is 237 g/mol. The predicted octanol–water partition coefficient (Wildman–Crippen LogP) is 2.10. The van der Waals surface area contributed by atoms with Crippen LogP contribution >= 0.6 is 12.4 Å². The highest BCUT2D eigenvalue weighted by atomic mass is 35.5. The third-order valence-electron chi connectivity index (χ3n) is 2.17. The van der Waals surface area contributed by atoms with Crippen LogP contribution in [0.3, 0.4) is 0 Å². The van der Waals surface area contributed by atoms with Crippen LogP contribution < -0.4 is 10.6 Å². The highest BCUT2D eigenvalue weighted by molar-refractivity contribution is 5.85. The van der Waals surface area contributed by atoms with Crippen molar-refractivity contribution in [2.75, 3.05) is 13.1 Å². The van der Waals surface area contributed by atoms with Gasteiger partial charge in [0.05, 0.1) is 0 Å². The zero-order chi connectivity index (χ0) is 10.8. The first kappa shape index (κ1) is 17.1. The summed E-state index contributed by atoms with van der Waals surface area (Å²) < 4.78 is 0. The molecule has 0 aliphatic carbocycles. The summed E-state index contributed by atoms with van der Waals surface area (Å²) >= 11 is 0. The Labute approximate surface area is 99.8 Å². The molecular formula is C11H25ClN2O. The van der Waals surface area contributed by atoms with Crippen LogP contribution in [-0.2, 0) is 4.79 Å². The van der Waals surface area contributed by atoms with E-state index >= 15 is 0 Å². The van der Waals surface area contributed by atoms with Crippen LogP contribution in [0.1, 0.15) is 46.5 Å². The Bertz CT molecular complexity index is 154. The molecule has 0 aromatic heterocycles. The number of carbonyl (C=O) groups excluding carboxylic acids is 1. The summed E-state index contributed by atoms with van der Waals surface area (Å²) in [5, 5.41) is 6.18. The van der Waals surface area contributed by atoms with Gasteiger partial charge >= 0.3 is 0 Å². The van der Waals surface area contributed by atoms with E-state index in [0.29, 0.717) is 12.5 Å². The minimum Gasteiger partial charge on any atom is -0.355 e. The minimum absolute atomic E-state index is 0. The molecule has 2 N–H and O–H groups in total. The molecular weight excluding hydrogens is 212 g/mol. The van der Waals surface area contributed by atoms with Crippen molar-refractivity contribution in [3.63, 3.8) is 0 Å². The molecule has 0 fully saturated rings. The largest absolute Gasteiger partial charge is 0.355 e. The van der Waals surface area contributed by atoms with Gasteiger partial charge in [0.2, 0.25) is 5.91 Å². The quantitative estimate of drug-likeness (QED) is 0.634. The van der Waals surface area contributed by atoms with Gasteiger partial charge in [0, 0.05) is 19.0 Å². The first-order valence-corrected chi connectivity index (χ1v) is 5.70. The van der Waals surface area contributed by atoms with Crippen LogP contribution in [0.15, 0.2) is 0 Å². The van der Waals surface area contributed by atoms with Crippen LogP contribution in [-0.4, -0.2) is 25.0 Å². The van der Waals surface area contributed by atoms with Crippen LogP contribution in [0.4, 0.5) is 0 Å². The lowest BCUT2D eigenvalue weighted by Crippen LogP contribution is -2.38. The molecule has 0 saturated heterocycles. The maximum absolute atomic E-state index is 11.3. The molecule has 15 heavy (non-hydrogen) atoms. The molecule has 0 rings (SSSR count). The molecule has 0 bridgehead atoms. The summed E-state index contributed by atoms with van der Waals surface area (Å²) in [5.41, 5.74) is 0. The Hall–Kier alpha value is -0.280. The van der Waals surface area contributed by atoms with Gasteiger partial charge in [-0.2, -0.15) is 0 Å². The normalized spacial score (nSPS) is 11.7. The smallest absolute Gasteiger partial charge is 0.220 e. The summed E-state index contributed by atoms with van der Waals surface area (Å²) in [6.45, 7) is 7.98. The van der Waals surface area contributed by atoms with Crippen LogP contribution in [0.5, 0.6) is 0 Å². The van der Waals surface area contributed by atoms with E-state index in [1.807, 2.05) is 0 Å². The summed E-state index contributed by atoms with van der Waals surface area (Å²) in [5.74, 6) is 0.184. The SMILES string of the molecule is CCCCCC(=O)NC[C@@H](C)NCC.Cl. The Kier molecular flexibility index (Phi) is 13.5. The summed E-state index contributed by atoms with van der Waals surface area (Å²) in [6, 6.07) is 0.370. The summed E-state index contributed by atoms with van der Waals surface area (Å²) in [7, 11) is 0. The number of likely N-dealkylation sites (N-methyl/N-ethyl adjacent to an activating group) is 1. The van der Waals surface area contributed by atoms with E-state index < -0.39 is 0 Å². The number of unbranched alkanes of at least 4 members (excludes halogenated alkanes) is 2. The van der Waals surface area contributed by atoms with E-state index in [4.69, 9.17) is 0 Å². The number of carbonyl (C=O) groups is 1. The monoisotopic (exact) mass is 236 g/mol. The maximum Gasteiger partial charge on any atom is 0.220 e. The molecule has 92 valence electrons. The Morgan fingerprint density at radius 1 is 1.27 bits per heavy atom. The third-order valence-corrected chi connectivity index (χ3v) is 2.17. The highest BCUT2D eigenvalue weighted by Crippen LogP contribution is 1.98. The van der Waals surface area contributed by atoms with Crippen molar-refractivity contribution < 1.29 is 4.79 Å². The van der Waals surface area contributed by atoms with Crippen molar-refractivity contribution in [2.24, 2.45) is 0 Å². The summed E-state index contributed by atoms with van der Waals surface area (Å²) in [4.78, 5) is 11.3. The van der Waals surface area contributed by atoms with E-state index in [-0.39, 0.29) is 18.3 Å². The zero-order valence-electron chi connectivity index (χ0n) is 10.1. The molecule has 1 amide bonds. The van der Waals surface area contributed by atoms with Gasteiger partial charge in [0.25, 0.3) is 0 Å². The van der Waals surface area contributed by atoms with Crippen molar-refractivity contribution in [2.45, 2.75) is 52.5 Å². The average Bonchev–Trinajstić information content (AvgIpc) is 2.16. The second-order valence-corrected chi connectivity index (χ2v) is 3.72. The predicted molar refractivity (Wildman–Crippen MR) is 67.5 cm³/mol. The lowest BCUT2D eigenvalue weighted by Gasteiger charge is -2.12. The molecule has 0 unspecified atom stereocenters. The number of halogens is 1. The number of hydrogen-bond donors (Lipinski definition) is 2. The second kappa shape index (κ2) is 11.8. The lowest BCUT2D eigenvalue weighted by molar-refractivity contribution is -0.121. The van der Waals surface area contributed by atoms with Gasteiger partial charge in [-0.25, -0.2) is 0 Å². The van der Waals surface area contributed by atoms with E-state index in [1.165, 1.54) is 6.42 Å². The van der Waals surface area contributed by atoms with Crippen molar-refractivity contribution in [3.8, 4) is 0 Å². The molecule has 0 aromatic rings. The molecule has 0 aromatic carbocycles. The van der Waals surface area contributed by atoms with Gasteiger partial charge in [-0.1, -0.05) is 26.7 Å². The second-order valence-electron chi connectivity index (χ2n) is 3.72. The Balaban J connectivity index is 0. The maximum atomic E-state index is 11.3. The number of rotatable bonds is 8. The molecule has 0 spiro atoms. The molecule has 0 radical (unpaired) electrons. The Morgan fingerprint density at radius 3 is 2.47 bits per heavy atom. The van der Waals surface area contributed by atoms with Crippen molar-refractivity contribution in [1.29, 1.82) is 0 Å². The van der Waals surface area contributed by atoms with Gasteiger partial charge in [-0.05, 0) is 19.9 Å². The molecule has 0 aliphatic heterocycles. The topological polar surface area (TPSA) is 41.1 Å². The molecule has 0 heterocycles. The summed E-state index contributed by atoms with van der Waals surface area (Å²) in [6.07, 6.45) is 4.00. The first-order valence-electron chi connectivity index (χ1n) is 5.70. The Morgan fingerprint density at radius 2 is 1.93 bits per heavy atom. The van der Waals surface area contributed by atoms with Crippen LogP contribution in [0, 0.1) is 0 Å². The van der Waals surface area contributed by atoms with E-state index in [0.717, 1.165) is 25.9 Å². The standard InChI is InChI=1S/C11H24N2O.ClH/c1-4-6-7-8-11(14)13-9-10(3)12-5-2;/h10,12H,4-9H2,1-3H3,(H,13,14);1H/t10-;/m1./s1. The van der Waals surface area contributed by atoms with Crippen LogP contribution in [0.2, 0.25) is 0 Å². The minimum atomic E-state index is 0. The van der Waals surface area contributed by atoms with Crippen LogP contribution in [0.25, 0.3) is 0 Å².